The third-order valence-corrected chi connectivity index (χ3v) is 3.64. The number of fused-ring (bicyclic) bond motifs is 1. The summed E-state index contributed by atoms with van der Waals surface area (Å²) in [5.41, 5.74) is 3.14. The van der Waals surface area contributed by atoms with Crippen molar-refractivity contribution in [3.63, 3.8) is 0 Å². The summed E-state index contributed by atoms with van der Waals surface area (Å²) in [4.78, 5) is 24.0. The van der Waals surface area contributed by atoms with Crippen LogP contribution in [0.1, 0.15) is 5.56 Å². The van der Waals surface area contributed by atoms with Crippen molar-refractivity contribution in [2.24, 2.45) is 5.10 Å². The standard InChI is InChI=1S/C18H17N3O6/c1-24-12-4-6-14(25-2)13(8-12)20-17(22)18(23)21-19-9-11-3-5-15-16(7-11)27-10-26-15/h3-9H,10H2,1-2H3,(H,20,22)(H,21,23)/b19-9-. The Balaban J connectivity index is 1.60. The molecule has 27 heavy (non-hydrogen) atoms. The molecule has 0 bridgehead atoms. The minimum atomic E-state index is -0.933. The second-order valence-corrected chi connectivity index (χ2v) is 5.33. The van der Waals surface area contributed by atoms with Crippen LogP contribution in [0, 0.1) is 0 Å². The maximum Gasteiger partial charge on any atom is 0.329 e. The van der Waals surface area contributed by atoms with E-state index in [-0.39, 0.29) is 6.79 Å². The Kier molecular flexibility index (Phi) is 5.41. The first-order valence-corrected chi connectivity index (χ1v) is 7.87. The number of methoxy groups -OCH3 is 2. The fourth-order valence-corrected chi connectivity index (χ4v) is 2.30. The molecule has 2 aromatic carbocycles. The molecule has 140 valence electrons. The first-order chi connectivity index (χ1) is 13.1. The van der Waals surface area contributed by atoms with Crippen molar-refractivity contribution >= 4 is 23.7 Å². The van der Waals surface area contributed by atoms with Crippen LogP contribution < -0.4 is 29.7 Å². The summed E-state index contributed by atoms with van der Waals surface area (Å²) in [6.45, 7) is 0.167. The van der Waals surface area contributed by atoms with Gasteiger partial charge in [0.05, 0.1) is 26.1 Å². The molecule has 3 rings (SSSR count). The minimum absolute atomic E-state index is 0.167. The Morgan fingerprint density at radius 2 is 1.85 bits per heavy atom. The van der Waals surface area contributed by atoms with Gasteiger partial charge in [0.2, 0.25) is 6.79 Å². The van der Waals surface area contributed by atoms with Gasteiger partial charge >= 0.3 is 11.8 Å². The Bertz CT molecular complexity index is 897. The number of rotatable bonds is 5. The fourth-order valence-electron chi connectivity index (χ4n) is 2.30. The van der Waals surface area contributed by atoms with Gasteiger partial charge in [0.15, 0.2) is 11.5 Å². The highest BCUT2D eigenvalue weighted by molar-refractivity contribution is 6.39. The predicted molar refractivity (Wildman–Crippen MR) is 96.5 cm³/mol. The molecule has 0 radical (unpaired) electrons. The molecule has 1 heterocycles. The van der Waals surface area contributed by atoms with Crippen LogP contribution in [0.3, 0.4) is 0 Å². The summed E-state index contributed by atoms with van der Waals surface area (Å²) in [7, 11) is 2.94. The normalized spacial score (nSPS) is 11.9. The molecule has 0 aromatic heterocycles. The second-order valence-electron chi connectivity index (χ2n) is 5.33. The van der Waals surface area contributed by atoms with Crippen LogP contribution in [0.4, 0.5) is 5.69 Å². The molecule has 0 aliphatic carbocycles. The SMILES string of the molecule is COc1ccc(OC)c(NC(=O)C(=O)N/N=C\c2ccc3c(c2)OCO3)c1. The van der Waals surface area contributed by atoms with Crippen molar-refractivity contribution in [2.45, 2.75) is 0 Å². The number of amides is 2. The molecule has 0 atom stereocenters. The highest BCUT2D eigenvalue weighted by atomic mass is 16.7. The second kappa shape index (κ2) is 8.09. The van der Waals surface area contributed by atoms with E-state index in [4.69, 9.17) is 18.9 Å². The zero-order chi connectivity index (χ0) is 19.2. The van der Waals surface area contributed by atoms with Crippen molar-refractivity contribution < 1.29 is 28.5 Å². The molecule has 0 saturated heterocycles. The van der Waals surface area contributed by atoms with E-state index in [1.54, 1.807) is 36.4 Å². The number of carbonyl (C=O) groups excluding carboxylic acids is 2. The lowest BCUT2D eigenvalue weighted by atomic mass is 10.2. The van der Waals surface area contributed by atoms with Gasteiger partial charge in [-0.15, -0.1) is 0 Å². The maximum atomic E-state index is 12.0. The number of benzene rings is 2. The van der Waals surface area contributed by atoms with Gasteiger partial charge in [-0.05, 0) is 35.9 Å². The van der Waals surface area contributed by atoms with Crippen LogP contribution in [-0.4, -0.2) is 39.0 Å². The number of nitrogens with one attached hydrogen (secondary N) is 2. The maximum absolute atomic E-state index is 12.0. The molecule has 9 heteroatoms. The van der Waals surface area contributed by atoms with Crippen LogP contribution in [0.5, 0.6) is 23.0 Å². The van der Waals surface area contributed by atoms with E-state index in [0.29, 0.717) is 34.2 Å². The zero-order valence-electron chi connectivity index (χ0n) is 14.6. The van der Waals surface area contributed by atoms with Gasteiger partial charge in [0.25, 0.3) is 0 Å². The van der Waals surface area contributed by atoms with Gasteiger partial charge in [-0.25, -0.2) is 5.43 Å². The topological polar surface area (TPSA) is 107 Å². The quantitative estimate of drug-likeness (QED) is 0.469. The third-order valence-electron chi connectivity index (χ3n) is 3.64. The van der Waals surface area contributed by atoms with Gasteiger partial charge in [-0.1, -0.05) is 0 Å². The van der Waals surface area contributed by atoms with Gasteiger partial charge in [0.1, 0.15) is 11.5 Å². The molecule has 1 aliphatic rings. The third kappa shape index (κ3) is 4.27. The highest BCUT2D eigenvalue weighted by Crippen LogP contribution is 2.32. The summed E-state index contributed by atoms with van der Waals surface area (Å²) >= 11 is 0. The average Bonchev–Trinajstić information content (AvgIpc) is 3.15. The molecule has 9 nitrogen and oxygen atoms in total. The van der Waals surface area contributed by atoms with Crippen LogP contribution >= 0.6 is 0 Å². The molecule has 0 saturated carbocycles. The Morgan fingerprint density at radius 1 is 1.04 bits per heavy atom. The number of hydrogen-bond acceptors (Lipinski definition) is 7. The lowest BCUT2D eigenvalue weighted by molar-refractivity contribution is -0.136. The number of ether oxygens (including phenoxy) is 4. The summed E-state index contributed by atoms with van der Waals surface area (Å²) in [5, 5.41) is 6.22. The molecule has 0 spiro atoms. The lowest BCUT2D eigenvalue weighted by Crippen LogP contribution is -2.32. The van der Waals surface area contributed by atoms with E-state index < -0.39 is 11.8 Å². The van der Waals surface area contributed by atoms with E-state index in [9.17, 15) is 9.59 Å². The molecular formula is C18H17N3O6. The van der Waals surface area contributed by atoms with Crippen molar-refractivity contribution in [3.05, 3.63) is 42.0 Å². The van der Waals surface area contributed by atoms with Crippen molar-refractivity contribution in [2.75, 3.05) is 26.3 Å². The van der Waals surface area contributed by atoms with Crippen molar-refractivity contribution in [1.82, 2.24) is 5.43 Å². The van der Waals surface area contributed by atoms with E-state index >= 15 is 0 Å². The van der Waals surface area contributed by atoms with Crippen LogP contribution in [0.15, 0.2) is 41.5 Å². The zero-order valence-corrected chi connectivity index (χ0v) is 14.6. The van der Waals surface area contributed by atoms with Crippen molar-refractivity contribution in [1.29, 1.82) is 0 Å². The number of carbonyl (C=O) groups is 2. The summed E-state index contributed by atoms with van der Waals surface area (Å²) in [6.07, 6.45) is 1.39. The highest BCUT2D eigenvalue weighted by Gasteiger charge is 2.16. The van der Waals surface area contributed by atoms with Gasteiger partial charge in [0, 0.05) is 6.07 Å². The molecule has 1 aliphatic heterocycles. The smallest absolute Gasteiger partial charge is 0.329 e. The molecule has 0 unspecified atom stereocenters. The summed E-state index contributed by atoms with van der Waals surface area (Å²) in [6, 6.07) is 10.0. The number of nitrogens with zero attached hydrogens (tertiary/aromatic N) is 1. The van der Waals surface area contributed by atoms with Gasteiger partial charge < -0.3 is 24.3 Å². The number of anilines is 1. The van der Waals surface area contributed by atoms with Crippen LogP contribution in [0.25, 0.3) is 0 Å². The summed E-state index contributed by atoms with van der Waals surface area (Å²) < 4.78 is 20.7. The number of hydrazone groups is 1. The first-order valence-electron chi connectivity index (χ1n) is 7.87. The molecule has 2 aromatic rings. The lowest BCUT2D eigenvalue weighted by Gasteiger charge is -2.11. The Labute approximate surface area is 154 Å². The Morgan fingerprint density at radius 3 is 2.63 bits per heavy atom. The van der Waals surface area contributed by atoms with Gasteiger partial charge in [-0.3, -0.25) is 9.59 Å². The molecule has 0 fully saturated rings. The monoisotopic (exact) mass is 371 g/mol. The average molecular weight is 371 g/mol. The Hall–Kier alpha value is -3.75. The van der Waals surface area contributed by atoms with E-state index in [1.165, 1.54) is 20.4 Å². The minimum Gasteiger partial charge on any atom is -0.497 e. The summed E-state index contributed by atoms with van der Waals surface area (Å²) in [5.74, 6) is 0.297. The molecular weight excluding hydrogens is 354 g/mol. The molecule has 2 N–H and O–H groups in total. The van der Waals surface area contributed by atoms with Crippen LogP contribution in [0.2, 0.25) is 0 Å². The first kappa shape index (κ1) is 18.1. The van der Waals surface area contributed by atoms with E-state index in [2.05, 4.69) is 15.8 Å². The molecule has 2 amide bonds. The van der Waals surface area contributed by atoms with Gasteiger partial charge in [-0.2, -0.15) is 5.10 Å². The van der Waals surface area contributed by atoms with E-state index in [1.807, 2.05) is 0 Å². The number of hydrogen-bond donors (Lipinski definition) is 2. The van der Waals surface area contributed by atoms with E-state index in [0.717, 1.165) is 0 Å². The van der Waals surface area contributed by atoms with Crippen LogP contribution in [-0.2, 0) is 9.59 Å². The largest absolute Gasteiger partial charge is 0.497 e. The fraction of sp³-hybridized carbons (Fsp3) is 0.167. The van der Waals surface area contributed by atoms with Crippen molar-refractivity contribution in [3.8, 4) is 23.0 Å². The predicted octanol–water partition coefficient (Wildman–Crippen LogP) is 1.52.